The van der Waals surface area contributed by atoms with Crippen molar-refractivity contribution in [2.45, 2.75) is 27.7 Å². The number of nitrogens with one attached hydrogen (secondary N) is 1. The van der Waals surface area contributed by atoms with E-state index in [1.165, 1.54) is 0 Å². The topological polar surface area (TPSA) is 57.2 Å². The summed E-state index contributed by atoms with van der Waals surface area (Å²) >= 11 is 0. The van der Waals surface area contributed by atoms with Crippen molar-refractivity contribution in [2.24, 2.45) is 10.9 Å². The van der Waals surface area contributed by atoms with E-state index in [9.17, 15) is 4.79 Å². The maximum atomic E-state index is 11.7. The van der Waals surface area contributed by atoms with Crippen molar-refractivity contribution in [3.63, 3.8) is 0 Å². The molecule has 1 N–H and O–H groups in total. The highest BCUT2D eigenvalue weighted by molar-refractivity contribution is 14.0. The van der Waals surface area contributed by atoms with E-state index >= 15 is 0 Å². The van der Waals surface area contributed by atoms with Crippen LogP contribution in [0.5, 0.6) is 0 Å². The van der Waals surface area contributed by atoms with Gasteiger partial charge in [-0.1, -0.05) is 13.8 Å². The lowest BCUT2D eigenvalue weighted by Crippen LogP contribution is -2.54. The van der Waals surface area contributed by atoms with E-state index in [1.807, 2.05) is 6.92 Å². The molecule has 1 amide bonds. The Balaban J connectivity index is 0.00000400. The summed E-state index contributed by atoms with van der Waals surface area (Å²) in [5, 5.41) is 3.32. The maximum absolute atomic E-state index is 11.7. The minimum absolute atomic E-state index is 0. The molecule has 1 heterocycles. The molecule has 0 aromatic carbocycles. The van der Waals surface area contributed by atoms with Gasteiger partial charge < -0.3 is 19.9 Å². The Bertz CT molecular complexity index is 329. The lowest BCUT2D eigenvalue weighted by molar-refractivity contribution is 0.0914. The second-order valence-electron chi connectivity index (χ2n) is 5.26. The number of nitrogens with zero attached hydrogens (tertiary/aromatic N) is 3. The van der Waals surface area contributed by atoms with Crippen LogP contribution in [-0.4, -0.2) is 67.7 Å². The maximum Gasteiger partial charge on any atom is 0.409 e. The zero-order valence-corrected chi connectivity index (χ0v) is 15.9. The number of halogens is 1. The molecular weight excluding hydrogens is 383 g/mol. The van der Waals surface area contributed by atoms with Gasteiger partial charge in [0.1, 0.15) is 0 Å². The molecule has 0 unspecified atom stereocenters. The molecular formula is C14H29IN4O2. The molecule has 0 atom stereocenters. The molecule has 1 rings (SSSR count). The van der Waals surface area contributed by atoms with Gasteiger partial charge in [0.15, 0.2) is 5.96 Å². The number of hydrogen-bond donors (Lipinski definition) is 1. The van der Waals surface area contributed by atoms with E-state index < -0.39 is 0 Å². The molecule has 0 bridgehead atoms. The minimum atomic E-state index is -0.212. The Labute approximate surface area is 145 Å². The van der Waals surface area contributed by atoms with Crippen LogP contribution in [0.3, 0.4) is 0 Å². The van der Waals surface area contributed by atoms with Gasteiger partial charge in [-0.25, -0.2) is 4.79 Å². The van der Waals surface area contributed by atoms with Crippen molar-refractivity contribution in [2.75, 3.05) is 45.9 Å². The smallest absolute Gasteiger partial charge is 0.409 e. The Morgan fingerprint density at radius 2 is 1.76 bits per heavy atom. The van der Waals surface area contributed by atoms with Crippen molar-refractivity contribution in [1.82, 2.24) is 15.1 Å². The zero-order valence-electron chi connectivity index (χ0n) is 13.6. The van der Waals surface area contributed by atoms with Gasteiger partial charge in [0, 0.05) is 39.3 Å². The number of aliphatic imine (C=N–C) groups is 1. The number of carbonyl (C=O) groups is 1. The number of amides is 1. The Kier molecular flexibility index (Phi) is 10.5. The van der Waals surface area contributed by atoms with Crippen molar-refractivity contribution in [3.05, 3.63) is 0 Å². The normalized spacial score (nSPS) is 15.8. The third kappa shape index (κ3) is 7.19. The zero-order chi connectivity index (χ0) is 15.0. The van der Waals surface area contributed by atoms with Crippen molar-refractivity contribution in [1.29, 1.82) is 0 Å². The Morgan fingerprint density at radius 1 is 1.19 bits per heavy atom. The lowest BCUT2D eigenvalue weighted by atomic mass is 10.2. The highest BCUT2D eigenvalue weighted by Gasteiger charge is 2.23. The van der Waals surface area contributed by atoms with E-state index in [0.717, 1.165) is 32.1 Å². The second-order valence-corrected chi connectivity index (χ2v) is 5.26. The molecule has 1 aliphatic heterocycles. The van der Waals surface area contributed by atoms with Gasteiger partial charge in [0.05, 0.1) is 6.61 Å². The Morgan fingerprint density at radius 3 is 2.24 bits per heavy atom. The highest BCUT2D eigenvalue weighted by Crippen LogP contribution is 2.05. The summed E-state index contributed by atoms with van der Waals surface area (Å²) in [5.41, 5.74) is 0. The average Bonchev–Trinajstić information content (AvgIpc) is 2.44. The molecule has 0 aliphatic carbocycles. The first-order valence-corrected chi connectivity index (χ1v) is 7.53. The fourth-order valence-electron chi connectivity index (χ4n) is 2.01. The molecule has 21 heavy (non-hydrogen) atoms. The summed E-state index contributed by atoms with van der Waals surface area (Å²) in [4.78, 5) is 20.3. The van der Waals surface area contributed by atoms with E-state index in [-0.39, 0.29) is 30.1 Å². The van der Waals surface area contributed by atoms with Crippen LogP contribution in [0.2, 0.25) is 0 Å². The summed E-state index contributed by atoms with van der Waals surface area (Å²) in [6.07, 6.45) is -0.212. The van der Waals surface area contributed by atoms with Crippen LogP contribution in [0, 0.1) is 5.92 Å². The number of guanidine groups is 1. The third-order valence-corrected chi connectivity index (χ3v) is 3.05. The first kappa shape index (κ1) is 20.3. The largest absolute Gasteiger partial charge is 0.450 e. The molecule has 0 aromatic heterocycles. The number of hydrogen-bond acceptors (Lipinski definition) is 3. The van der Waals surface area contributed by atoms with Crippen LogP contribution in [0.15, 0.2) is 4.99 Å². The molecule has 6 nitrogen and oxygen atoms in total. The number of rotatable bonds is 4. The molecule has 0 spiro atoms. The molecule has 7 heteroatoms. The summed E-state index contributed by atoms with van der Waals surface area (Å²) in [5.74, 6) is 1.49. The fourth-order valence-corrected chi connectivity index (χ4v) is 2.01. The average molecular weight is 412 g/mol. The fraction of sp³-hybridized carbons (Fsp3) is 0.857. The van der Waals surface area contributed by atoms with Gasteiger partial charge in [-0.15, -0.1) is 24.0 Å². The van der Waals surface area contributed by atoms with E-state index in [0.29, 0.717) is 25.6 Å². The molecule has 1 fully saturated rings. The molecule has 0 aromatic rings. The first-order valence-electron chi connectivity index (χ1n) is 7.53. The Hall–Kier alpha value is -0.730. The van der Waals surface area contributed by atoms with Crippen LogP contribution in [0.4, 0.5) is 4.79 Å². The van der Waals surface area contributed by atoms with E-state index in [1.54, 1.807) is 4.90 Å². The summed E-state index contributed by atoms with van der Waals surface area (Å²) in [6, 6.07) is 0. The predicted molar refractivity (Wildman–Crippen MR) is 96.4 cm³/mol. The van der Waals surface area contributed by atoms with Gasteiger partial charge >= 0.3 is 6.09 Å². The van der Waals surface area contributed by atoms with Crippen molar-refractivity contribution < 1.29 is 9.53 Å². The number of piperazine rings is 1. The standard InChI is InChI=1S/C14H28N4O2.HI/c1-5-15-13(16-11-12(3)4)17-7-9-18(10-8-17)14(19)20-6-2;/h12H,5-11H2,1-4H3,(H,15,16);1H. The third-order valence-electron chi connectivity index (χ3n) is 3.05. The van der Waals surface area contributed by atoms with Crippen LogP contribution < -0.4 is 5.32 Å². The molecule has 0 saturated carbocycles. The van der Waals surface area contributed by atoms with Gasteiger partial charge in [0.25, 0.3) is 0 Å². The van der Waals surface area contributed by atoms with Crippen molar-refractivity contribution in [3.8, 4) is 0 Å². The SMILES string of the molecule is CCNC(=NCC(C)C)N1CCN(C(=O)OCC)CC1.I. The minimum Gasteiger partial charge on any atom is -0.450 e. The van der Waals surface area contributed by atoms with Crippen molar-refractivity contribution >= 4 is 36.0 Å². The van der Waals surface area contributed by atoms with Gasteiger partial charge in [-0.05, 0) is 19.8 Å². The van der Waals surface area contributed by atoms with Crippen LogP contribution in [0.1, 0.15) is 27.7 Å². The molecule has 124 valence electrons. The quantitative estimate of drug-likeness (QED) is 0.436. The van der Waals surface area contributed by atoms with Gasteiger partial charge in [-0.2, -0.15) is 0 Å². The van der Waals surface area contributed by atoms with Gasteiger partial charge in [-0.3, -0.25) is 4.99 Å². The number of carbonyl (C=O) groups excluding carboxylic acids is 1. The second kappa shape index (κ2) is 10.9. The summed E-state index contributed by atoms with van der Waals surface area (Å²) in [7, 11) is 0. The predicted octanol–water partition coefficient (Wildman–Crippen LogP) is 2.00. The molecule has 1 saturated heterocycles. The summed E-state index contributed by atoms with van der Waals surface area (Å²) < 4.78 is 5.03. The molecule has 0 radical (unpaired) electrons. The first-order chi connectivity index (χ1) is 9.58. The summed E-state index contributed by atoms with van der Waals surface area (Å²) in [6.45, 7) is 13.3. The number of ether oxygens (including phenoxy) is 1. The monoisotopic (exact) mass is 412 g/mol. The van der Waals surface area contributed by atoms with E-state index in [2.05, 4.69) is 36.0 Å². The molecule has 1 aliphatic rings. The van der Waals surface area contributed by atoms with Crippen LogP contribution in [-0.2, 0) is 4.74 Å². The highest BCUT2D eigenvalue weighted by atomic mass is 127. The van der Waals surface area contributed by atoms with E-state index in [4.69, 9.17) is 4.74 Å². The van der Waals surface area contributed by atoms with Crippen LogP contribution >= 0.6 is 24.0 Å². The lowest BCUT2D eigenvalue weighted by Gasteiger charge is -2.36. The van der Waals surface area contributed by atoms with Crippen LogP contribution in [0.25, 0.3) is 0 Å². The van der Waals surface area contributed by atoms with Gasteiger partial charge in [0.2, 0.25) is 0 Å².